The van der Waals surface area contributed by atoms with Crippen molar-refractivity contribution in [3.05, 3.63) is 12.2 Å². The molecule has 0 radical (unpaired) electrons. The van der Waals surface area contributed by atoms with Gasteiger partial charge < -0.3 is 4.74 Å². The molecule has 0 aromatic rings. The average molecular weight is 184 g/mol. The lowest BCUT2D eigenvalue weighted by Crippen LogP contribution is -2.22. The summed E-state index contributed by atoms with van der Waals surface area (Å²) in [7, 11) is 0. The van der Waals surface area contributed by atoms with Gasteiger partial charge in [-0.1, -0.05) is 26.8 Å². The van der Waals surface area contributed by atoms with Gasteiger partial charge in [-0.3, -0.25) is 0 Å². The summed E-state index contributed by atoms with van der Waals surface area (Å²) >= 11 is 0. The highest BCUT2D eigenvalue weighted by Crippen LogP contribution is 2.14. The summed E-state index contributed by atoms with van der Waals surface area (Å²) in [6.07, 6.45) is 2.20. The van der Waals surface area contributed by atoms with Gasteiger partial charge in [-0.15, -0.1) is 0 Å². The molecule has 2 nitrogen and oxygen atoms in total. The number of hydrogen-bond donors (Lipinski definition) is 0. The molecule has 0 N–H and O–H groups in total. The molecular formula is C11H20O2. The summed E-state index contributed by atoms with van der Waals surface area (Å²) in [4.78, 5) is 11.1. The number of esters is 1. The van der Waals surface area contributed by atoms with Crippen LogP contribution in [0.25, 0.3) is 0 Å². The van der Waals surface area contributed by atoms with Crippen LogP contribution in [0.3, 0.4) is 0 Å². The first-order chi connectivity index (χ1) is 5.99. The maximum Gasteiger partial charge on any atom is 0.333 e. The quantitative estimate of drug-likeness (QED) is 0.485. The molecule has 0 aliphatic carbocycles. The largest absolute Gasteiger partial charge is 0.459 e. The first-order valence-corrected chi connectivity index (χ1v) is 4.85. The third-order valence-electron chi connectivity index (χ3n) is 2.19. The highest BCUT2D eigenvalue weighted by atomic mass is 16.5. The highest BCUT2D eigenvalue weighted by Gasteiger charge is 2.15. The monoisotopic (exact) mass is 184 g/mol. The molecule has 2 unspecified atom stereocenters. The van der Waals surface area contributed by atoms with Crippen molar-refractivity contribution >= 4 is 5.97 Å². The van der Waals surface area contributed by atoms with E-state index in [4.69, 9.17) is 4.74 Å². The minimum Gasteiger partial charge on any atom is -0.459 e. The lowest BCUT2D eigenvalue weighted by atomic mass is 10.0. The average Bonchev–Trinajstić information content (AvgIpc) is 2.04. The number of carbonyl (C=O) groups excluding carboxylic acids is 1. The van der Waals surface area contributed by atoms with Crippen LogP contribution in [0.4, 0.5) is 0 Å². The minimum atomic E-state index is -0.282. The summed E-state index contributed by atoms with van der Waals surface area (Å²) in [6, 6.07) is 0. The predicted molar refractivity (Wildman–Crippen MR) is 54.4 cm³/mol. The van der Waals surface area contributed by atoms with Gasteiger partial charge in [-0.2, -0.15) is 0 Å². The molecule has 0 amide bonds. The van der Waals surface area contributed by atoms with E-state index in [1.54, 1.807) is 6.92 Å². The van der Waals surface area contributed by atoms with Gasteiger partial charge in [0.25, 0.3) is 0 Å². The zero-order valence-corrected chi connectivity index (χ0v) is 9.09. The molecule has 0 aliphatic rings. The molecule has 0 spiro atoms. The van der Waals surface area contributed by atoms with Crippen LogP contribution in [0.15, 0.2) is 12.2 Å². The first-order valence-electron chi connectivity index (χ1n) is 4.85. The van der Waals surface area contributed by atoms with Gasteiger partial charge in [-0.05, 0) is 26.2 Å². The Morgan fingerprint density at radius 3 is 2.38 bits per heavy atom. The van der Waals surface area contributed by atoms with E-state index in [0.29, 0.717) is 11.5 Å². The lowest BCUT2D eigenvalue weighted by Gasteiger charge is -2.19. The topological polar surface area (TPSA) is 26.3 Å². The van der Waals surface area contributed by atoms with E-state index in [0.717, 1.165) is 12.8 Å². The molecule has 0 aromatic heterocycles. The van der Waals surface area contributed by atoms with E-state index in [1.807, 2.05) is 6.92 Å². The molecule has 2 atom stereocenters. The zero-order valence-electron chi connectivity index (χ0n) is 9.09. The first kappa shape index (κ1) is 12.2. The van der Waals surface area contributed by atoms with Crippen LogP contribution in [0.5, 0.6) is 0 Å². The van der Waals surface area contributed by atoms with Crippen LogP contribution >= 0.6 is 0 Å². The van der Waals surface area contributed by atoms with Crippen molar-refractivity contribution in [1.82, 2.24) is 0 Å². The molecule has 0 fully saturated rings. The highest BCUT2D eigenvalue weighted by molar-refractivity contribution is 5.87. The Labute approximate surface area is 81.0 Å². The predicted octanol–water partition coefficient (Wildman–Crippen LogP) is 2.93. The van der Waals surface area contributed by atoms with Crippen LogP contribution < -0.4 is 0 Å². The molecule has 0 bridgehead atoms. The summed E-state index contributed by atoms with van der Waals surface area (Å²) < 4.78 is 5.19. The molecule has 0 aliphatic heterocycles. The lowest BCUT2D eigenvalue weighted by molar-refractivity contribution is -0.145. The van der Waals surface area contributed by atoms with Crippen molar-refractivity contribution in [3.63, 3.8) is 0 Å². The Balaban J connectivity index is 3.91. The van der Waals surface area contributed by atoms with E-state index in [2.05, 4.69) is 20.4 Å². The third-order valence-corrected chi connectivity index (χ3v) is 2.19. The second kappa shape index (κ2) is 5.79. The third kappa shape index (κ3) is 4.71. The van der Waals surface area contributed by atoms with E-state index in [9.17, 15) is 4.79 Å². The van der Waals surface area contributed by atoms with Gasteiger partial charge in [0.15, 0.2) is 0 Å². The molecule has 0 saturated carbocycles. The minimum absolute atomic E-state index is 0.0100. The second-order valence-corrected chi connectivity index (χ2v) is 3.66. The van der Waals surface area contributed by atoms with Gasteiger partial charge >= 0.3 is 5.97 Å². The molecule has 0 aromatic carbocycles. The normalized spacial score (nSPS) is 14.8. The zero-order chi connectivity index (χ0) is 10.4. The maximum absolute atomic E-state index is 11.1. The second-order valence-electron chi connectivity index (χ2n) is 3.66. The number of ether oxygens (including phenoxy) is 1. The van der Waals surface area contributed by atoms with Crippen molar-refractivity contribution in [3.8, 4) is 0 Å². The van der Waals surface area contributed by atoms with Crippen molar-refractivity contribution in [2.45, 2.75) is 46.6 Å². The van der Waals surface area contributed by atoms with Gasteiger partial charge in [0.2, 0.25) is 0 Å². The van der Waals surface area contributed by atoms with Gasteiger partial charge in [0.05, 0.1) is 0 Å². The Kier molecular flexibility index (Phi) is 5.44. The fraction of sp³-hybridized carbons (Fsp3) is 0.727. The van der Waals surface area contributed by atoms with Crippen LogP contribution in [-0.4, -0.2) is 12.1 Å². The molecule has 0 heterocycles. The van der Waals surface area contributed by atoms with Crippen LogP contribution in [0, 0.1) is 5.92 Å². The Hall–Kier alpha value is -0.790. The summed E-state index contributed by atoms with van der Waals surface area (Å²) in [5.41, 5.74) is 0.468. The van der Waals surface area contributed by atoms with E-state index in [1.165, 1.54) is 0 Å². The maximum atomic E-state index is 11.1. The molecule has 13 heavy (non-hydrogen) atoms. The van der Waals surface area contributed by atoms with Crippen LogP contribution in [-0.2, 0) is 9.53 Å². The molecular weight excluding hydrogens is 164 g/mol. The van der Waals surface area contributed by atoms with Crippen LogP contribution in [0.1, 0.15) is 40.5 Å². The SMILES string of the molecule is C=C(C)C(=O)OC(C)C(C)CCC. The van der Waals surface area contributed by atoms with Gasteiger partial charge in [0.1, 0.15) is 6.10 Å². The van der Waals surface area contributed by atoms with Crippen molar-refractivity contribution in [1.29, 1.82) is 0 Å². The fourth-order valence-corrected chi connectivity index (χ4v) is 1.08. The Morgan fingerprint density at radius 1 is 1.46 bits per heavy atom. The van der Waals surface area contributed by atoms with Crippen molar-refractivity contribution in [2.75, 3.05) is 0 Å². The summed E-state index contributed by atoms with van der Waals surface area (Å²) in [5, 5.41) is 0. The number of carbonyl (C=O) groups is 1. The molecule has 76 valence electrons. The van der Waals surface area contributed by atoms with Gasteiger partial charge in [0, 0.05) is 5.57 Å². The van der Waals surface area contributed by atoms with E-state index < -0.39 is 0 Å². The van der Waals surface area contributed by atoms with Crippen molar-refractivity contribution < 1.29 is 9.53 Å². The van der Waals surface area contributed by atoms with E-state index >= 15 is 0 Å². The van der Waals surface area contributed by atoms with Crippen LogP contribution in [0.2, 0.25) is 0 Å². The smallest absolute Gasteiger partial charge is 0.333 e. The standard InChI is InChI=1S/C11H20O2/c1-6-7-9(4)10(5)13-11(12)8(2)3/h9-10H,2,6-7H2,1,3-5H3. The summed E-state index contributed by atoms with van der Waals surface area (Å²) in [6.45, 7) is 11.4. The number of hydrogen-bond acceptors (Lipinski definition) is 2. The van der Waals surface area contributed by atoms with Crippen molar-refractivity contribution in [2.24, 2.45) is 5.92 Å². The van der Waals surface area contributed by atoms with Gasteiger partial charge in [-0.25, -0.2) is 4.79 Å². The molecule has 2 heteroatoms. The van der Waals surface area contributed by atoms with E-state index in [-0.39, 0.29) is 12.1 Å². The Bertz CT molecular complexity index is 185. The molecule has 0 rings (SSSR count). The molecule has 0 saturated heterocycles. The fourth-order valence-electron chi connectivity index (χ4n) is 1.08. The number of rotatable bonds is 5. The summed E-state index contributed by atoms with van der Waals surface area (Å²) in [5.74, 6) is 0.142. The Morgan fingerprint density at radius 2 is 2.00 bits per heavy atom.